The summed E-state index contributed by atoms with van der Waals surface area (Å²) in [6, 6.07) is 10.8. The lowest BCUT2D eigenvalue weighted by molar-refractivity contribution is 0.341. The van der Waals surface area contributed by atoms with Crippen molar-refractivity contribution in [3.8, 4) is 0 Å². The molecule has 5 nitrogen and oxygen atoms in total. The Morgan fingerprint density at radius 3 is 2.83 bits per heavy atom. The van der Waals surface area contributed by atoms with E-state index in [4.69, 9.17) is 0 Å². The zero-order chi connectivity index (χ0) is 16.7. The summed E-state index contributed by atoms with van der Waals surface area (Å²) in [4.78, 5) is 13.9. The van der Waals surface area contributed by atoms with Crippen LogP contribution in [0.5, 0.6) is 0 Å². The Balaban J connectivity index is 1.73. The van der Waals surface area contributed by atoms with E-state index in [0.29, 0.717) is 0 Å². The molecule has 0 atom stereocenters. The molecule has 0 aliphatic carbocycles. The van der Waals surface area contributed by atoms with Gasteiger partial charge in [0.25, 0.3) is 0 Å². The number of imidazole rings is 1. The second-order valence-electron chi connectivity index (χ2n) is 6.71. The number of aryl methyl sites for hydroxylation is 2. The van der Waals surface area contributed by atoms with Gasteiger partial charge in [0, 0.05) is 36.7 Å². The first kappa shape index (κ1) is 15.1. The predicted molar refractivity (Wildman–Crippen MR) is 96.3 cm³/mol. The SMILES string of the molecule is Cc1cc(C)n2c(CN3CCN(C)Cc4ccccc43)cnc2n1. The quantitative estimate of drug-likeness (QED) is 0.727. The molecule has 1 aliphatic rings. The van der Waals surface area contributed by atoms with Crippen LogP contribution in [-0.2, 0) is 13.1 Å². The summed E-state index contributed by atoms with van der Waals surface area (Å²) in [6.07, 6.45) is 1.96. The summed E-state index contributed by atoms with van der Waals surface area (Å²) < 4.78 is 2.17. The number of rotatable bonds is 2. The van der Waals surface area contributed by atoms with Gasteiger partial charge in [0.15, 0.2) is 0 Å². The van der Waals surface area contributed by atoms with Crippen LogP contribution in [0.25, 0.3) is 5.78 Å². The van der Waals surface area contributed by atoms with E-state index in [1.54, 1.807) is 0 Å². The third-order valence-electron chi connectivity index (χ3n) is 4.74. The Labute approximate surface area is 142 Å². The Morgan fingerprint density at radius 2 is 1.96 bits per heavy atom. The molecule has 2 aromatic heterocycles. The summed E-state index contributed by atoms with van der Waals surface area (Å²) in [7, 11) is 2.19. The average Bonchev–Trinajstić information content (AvgIpc) is 2.87. The fourth-order valence-electron chi connectivity index (χ4n) is 3.60. The van der Waals surface area contributed by atoms with Crippen molar-refractivity contribution in [1.82, 2.24) is 19.3 Å². The molecule has 5 heteroatoms. The van der Waals surface area contributed by atoms with Gasteiger partial charge in [-0.2, -0.15) is 0 Å². The highest BCUT2D eigenvalue weighted by Crippen LogP contribution is 2.26. The van der Waals surface area contributed by atoms with E-state index in [9.17, 15) is 0 Å². The van der Waals surface area contributed by atoms with Crippen LogP contribution in [0.3, 0.4) is 0 Å². The molecule has 0 saturated carbocycles. The molecule has 0 fully saturated rings. The summed E-state index contributed by atoms with van der Waals surface area (Å²) in [5.74, 6) is 0.794. The van der Waals surface area contributed by atoms with E-state index >= 15 is 0 Å². The number of fused-ring (bicyclic) bond motifs is 2. The van der Waals surface area contributed by atoms with Gasteiger partial charge >= 0.3 is 0 Å². The first-order chi connectivity index (χ1) is 11.6. The van der Waals surface area contributed by atoms with Gasteiger partial charge in [-0.1, -0.05) is 18.2 Å². The fourth-order valence-corrected chi connectivity index (χ4v) is 3.60. The highest BCUT2D eigenvalue weighted by atomic mass is 15.2. The minimum atomic E-state index is 0.794. The highest BCUT2D eigenvalue weighted by Gasteiger charge is 2.19. The summed E-state index contributed by atoms with van der Waals surface area (Å²) >= 11 is 0. The largest absolute Gasteiger partial charge is 0.364 e. The van der Waals surface area contributed by atoms with E-state index in [-0.39, 0.29) is 0 Å². The van der Waals surface area contributed by atoms with Crippen molar-refractivity contribution in [2.45, 2.75) is 26.9 Å². The topological polar surface area (TPSA) is 36.7 Å². The minimum absolute atomic E-state index is 0.794. The van der Waals surface area contributed by atoms with Gasteiger partial charge in [-0.15, -0.1) is 0 Å². The van der Waals surface area contributed by atoms with Crippen molar-refractivity contribution >= 4 is 11.5 Å². The number of hydrogen-bond donors (Lipinski definition) is 0. The third-order valence-corrected chi connectivity index (χ3v) is 4.74. The van der Waals surface area contributed by atoms with Crippen LogP contribution >= 0.6 is 0 Å². The van der Waals surface area contributed by atoms with Gasteiger partial charge in [-0.05, 0) is 38.6 Å². The maximum absolute atomic E-state index is 4.55. The molecule has 0 radical (unpaired) electrons. The first-order valence-electron chi connectivity index (χ1n) is 8.44. The van der Waals surface area contributed by atoms with Crippen LogP contribution in [0.1, 0.15) is 22.6 Å². The number of likely N-dealkylation sites (N-methyl/N-ethyl adjacent to an activating group) is 1. The van der Waals surface area contributed by atoms with Gasteiger partial charge in [-0.3, -0.25) is 4.40 Å². The second kappa shape index (κ2) is 5.91. The molecule has 3 aromatic rings. The van der Waals surface area contributed by atoms with Crippen LogP contribution in [-0.4, -0.2) is 39.4 Å². The van der Waals surface area contributed by atoms with E-state index in [1.165, 1.54) is 22.6 Å². The Hall–Kier alpha value is -2.40. The van der Waals surface area contributed by atoms with Gasteiger partial charge in [0.2, 0.25) is 5.78 Å². The molecular formula is C19H23N5. The van der Waals surface area contributed by atoms with Crippen molar-refractivity contribution < 1.29 is 0 Å². The van der Waals surface area contributed by atoms with Crippen molar-refractivity contribution in [2.24, 2.45) is 0 Å². The smallest absolute Gasteiger partial charge is 0.234 e. The molecule has 24 heavy (non-hydrogen) atoms. The maximum Gasteiger partial charge on any atom is 0.234 e. The molecule has 0 spiro atoms. The molecule has 4 rings (SSSR count). The van der Waals surface area contributed by atoms with E-state index in [0.717, 1.165) is 37.7 Å². The van der Waals surface area contributed by atoms with Crippen LogP contribution in [0.2, 0.25) is 0 Å². The van der Waals surface area contributed by atoms with Crippen LogP contribution in [0, 0.1) is 13.8 Å². The van der Waals surface area contributed by atoms with E-state index in [2.05, 4.69) is 68.5 Å². The Bertz CT molecular complexity index is 883. The zero-order valence-electron chi connectivity index (χ0n) is 14.5. The molecule has 3 heterocycles. The molecule has 1 aliphatic heterocycles. The van der Waals surface area contributed by atoms with Gasteiger partial charge in [-0.25, -0.2) is 9.97 Å². The van der Waals surface area contributed by atoms with Gasteiger partial charge in [0.1, 0.15) is 0 Å². The minimum Gasteiger partial charge on any atom is -0.364 e. The maximum atomic E-state index is 4.55. The summed E-state index contributed by atoms with van der Waals surface area (Å²) in [6.45, 7) is 8.05. The monoisotopic (exact) mass is 321 g/mol. The van der Waals surface area contributed by atoms with Crippen LogP contribution < -0.4 is 4.90 Å². The highest BCUT2D eigenvalue weighted by molar-refractivity contribution is 5.55. The molecule has 0 bridgehead atoms. The molecule has 1 aromatic carbocycles. The second-order valence-corrected chi connectivity index (χ2v) is 6.71. The normalized spacial score (nSPS) is 15.5. The molecular weight excluding hydrogens is 298 g/mol. The van der Waals surface area contributed by atoms with Crippen LogP contribution in [0.15, 0.2) is 36.5 Å². The lowest BCUT2D eigenvalue weighted by Gasteiger charge is -2.24. The number of hydrogen-bond acceptors (Lipinski definition) is 4. The molecule has 0 unspecified atom stereocenters. The number of nitrogens with zero attached hydrogens (tertiary/aromatic N) is 5. The lowest BCUT2D eigenvalue weighted by atomic mass is 10.1. The van der Waals surface area contributed by atoms with Crippen molar-refractivity contribution in [3.63, 3.8) is 0 Å². The molecule has 0 saturated heterocycles. The number of aromatic nitrogens is 3. The lowest BCUT2D eigenvalue weighted by Crippen LogP contribution is -2.29. The van der Waals surface area contributed by atoms with Crippen LogP contribution in [0.4, 0.5) is 5.69 Å². The Kier molecular flexibility index (Phi) is 3.73. The number of anilines is 1. The van der Waals surface area contributed by atoms with Crippen molar-refractivity contribution in [3.05, 3.63) is 59.2 Å². The molecule has 0 N–H and O–H groups in total. The Morgan fingerprint density at radius 1 is 1.12 bits per heavy atom. The summed E-state index contributed by atoms with van der Waals surface area (Å²) in [5.41, 5.74) is 6.10. The standard InChI is InChI=1S/C19H23N5/c1-14-10-15(2)24-17(11-20-19(24)21-14)13-23-9-8-22(3)12-16-6-4-5-7-18(16)23/h4-7,10-11H,8-9,12-13H2,1-3H3. The van der Waals surface area contributed by atoms with Crippen molar-refractivity contribution in [1.29, 1.82) is 0 Å². The van der Waals surface area contributed by atoms with E-state index in [1.807, 2.05) is 13.1 Å². The molecule has 0 amide bonds. The van der Waals surface area contributed by atoms with Gasteiger partial charge in [0.05, 0.1) is 18.4 Å². The number of benzene rings is 1. The van der Waals surface area contributed by atoms with Crippen molar-refractivity contribution in [2.75, 3.05) is 25.0 Å². The average molecular weight is 321 g/mol. The van der Waals surface area contributed by atoms with E-state index < -0.39 is 0 Å². The zero-order valence-corrected chi connectivity index (χ0v) is 14.5. The number of para-hydroxylation sites is 1. The van der Waals surface area contributed by atoms with Gasteiger partial charge < -0.3 is 9.80 Å². The molecule has 124 valence electrons. The first-order valence-corrected chi connectivity index (χ1v) is 8.44. The summed E-state index contributed by atoms with van der Waals surface area (Å²) in [5, 5.41) is 0. The third kappa shape index (κ3) is 2.65. The fraction of sp³-hybridized carbons (Fsp3) is 0.368. The predicted octanol–water partition coefficient (Wildman–Crippen LogP) is 2.80.